The minimum Gasteiger partial charge on any atom is -0.360 e. The van der Waals surface area contributed by atoms with Gasteiger partial charge in [0.1, 0.15) is 7.85 Å². The standard InChI is InChI=1S/C7H5BN2/c8-5-3-7-6(10-4-5)1-2-9-7/h1-4,9H. The second kappa shape index (κ2) is 1.87. The molecule has 0 bridgehead atoms. The van der Waals surface area contributed by atoms with E-state index in [9.17, 15) is 0 Å². The Morgan fingerprint density at radius 3 is 3.30 bits per heavy atom. The SMILES string of the molecule is [B]c1cnc2cc[nH]c2c1. The summed E-state index contributed by atoms with van der Waals surface area (Å²) in [7, 11) is 5.50. The van der Waals surface area contributed by atoms with E-state index in [4.69, 9.17) is 7.85 Å². The lowest BCUT2D eigenvalue weighted by molar-refractivity contribution is 1.43. The van der Waals surface area contributed by atoms with Gasteiger partial charge in [-0.3, -0.25) is 4.98 Å². The van der Waals surface area contributed by atoms with Crippen molar-refractivity contribution in [2.75, 3.05) is 0 Å². The molecule has 0 unspecified atom stereocenters. The summed E-state index contributed by atoms with van der Waals surface area (Å²) in [5.74, 6) is 0. The molecule has 2 heterocycles. The van der Waals surface area contributed by atoms with Crippen molar-refractivity contribution in [1.29, 1.82) is 0 Å². The zero-order valence-corrected chi connectivity index (χ0v) is 5.33. The number of fused-ring (bicyclic) bond motifs is 1. The lowest BCUT2D eigenvalue weighted by Gasteiger charge is -1.90. The number of hydrogen-bond donors (Lipinski definition) is 1. The Morgan fingerprint density at radius 1 is 1.50 bits per heavy atom. The first-order chi connectivity index (χ1) is 4.86. The third kappa shape index (κ3) is 0.710. The third-order valence-corrected chi connectivity index (χ3v) is 1.42. The van der Waals surface area contributed by atoms with Crippen LogP contribution in [0.5, 0.6) is 0 Å². The normalized spacial score (nSPS) is 10.4. The van der Waals surface area contributed by atoms with Crippen LogP contribution in [0.15, 0.2) is 24.5 Å². The summed E-state index contributed by atoms with van der Waals surface area (Å²) in [4.78, 5) is 7.10. The van der Waals surface area contributed by atoms with Crippen LogP contribution in [-0.4, -0.2) is 17.8 Å². The van der Waals surface area contributed by atoms with E-state index in [1.165, 1.54) is 0 Å². The Kier molecular flexibility index (Phi) is 1.03. The number of nitrogens with zero attached hydrogens (tertiary/aromatic N) is 1. The first-order valence-corrected chi connectivity index (χ1v) is 3.05. The molecular formula is C7H5BN2. The van der Waals surface area contributed by atoms with E-state index >= 15 is 0 Å². The molecule has 10 heavy (non-hydrogen) atoms. The number of hydrogen-bond acceptors (Lipinski definition) is 1. The summed E-state index contributed by atoms with van der Waals surface area (Å²) < 4.78 is 0. The highest BCUT2D eigenvalue weighted by molar-refractivity contribution is 6.32. The predicted molar refractivity (Wildman–Crippen MR) is 41.5 cm³/mol. The van der Waals surface area contributed by atoms with Crippen molar-refractivity contribution in [3.05, 3.63) is 24.5 Å². The molecule has 0 saturated heterocycles. The van der Waals surface area contributed by atoms with Gasteiger partial charge in [-0.15, -0.1) is 0 Å². The van der Waals surface area contributed by atoms with Gasteiger partial charge in [0.05, 0.1) is 11.0 Å². The van der Waals surface area contributed by atoms with Gasteiger partial charge < -0.3 is 4.98 Å². The van der Waals surface area contributed by atoms with Gasteiger partial charge in [-0.05, 0) is 12.1 Å². The molecule has 0 aliphatic heterocycles. The maximum Gasteiger partial charge on any atom is 0.116 e. The van der Waals surface area contributed by atoms with E-state index in [1.807, 2.05) is 18.3 Å². The zero-order chi connectivity index (χ0) is 6.97. The highest BCUT2D eigenvalue weighted by atomic mass is 14.7. The van der Waals surface area contributed by atoms with E-state index in [0.29, 0.717) is 5.46 Å². The molecule has 0 aromatic carbocycles. The minimum absolute atomic E-state index is 0.690. The quantitative estimate of drug-likeness (QED) is 0.509. The fourth-order valence-electron chi connectivity index (χ4n) is 0.950. The van der Waals surface area contributed by atoms with Crippen molar-refractivity contribution >= 4 is 24.3 Å². The lowest BCUT2D eigenvalue weighted by atomic mass is 9.99. The lowest BCUT2D eigenvalue weighted by Crippen LogP contribution is -2.01. The van der Waals surface area contributed by atoms with Crippen LogP contribution in [-0.2, 0) is 0 Å². The molecule has 0 spiro atoms. The fraction of sp³-hybridized carbons (Fsp3) is 0. The summed E-state index contributed by atoms with van der Waals surface area (Å²) in [5, 5.41) is 0. The van der Waals surface area contributed by atoms with Gasteiger partial charge in [-0.1, -0.05) is 5.46 Å². The molecule has 1 N–H and O–H groups in total. The van der Waals surface area contributed by atoms with Crippen molar-refractivity contribution in [2.45, 2.75) is 0 Å². The molecule has 2 rings (SSSR count). The summed E-state index contributed by atoms with van der Waals surface area (Å²) in [6.45, 7) is 0. The van der Waals surface area contributed by atoms with Crippen molar-refractivity contribution in [3.63, 3.8) is 0 Å². The van der Waals surface area contributed by atoms with Crippen LogP contribution in [0.25, 0.3) is 11.0 Å². The van der Waals surface area contributed by atoms with Gasteiger partial charge >= 0.3 is 0 Å². The monoisotopic (exact) mass is 128 g/mol. The Morgan fingerprint density at radius 2 is 2.40 bits per heavy atom. The Labute approximate surface area is 59.7 Å². The summed E-state index contributed by atoms with van der Waals surface area (Å²) in [6, 6.07) is 3.77. The fourth-order valence-corrected chi connectivity index (χ4v) is 0.950. The second-order valence-corrected chi connectivity index (χ2v) is 2.18. The molecule has 0 fully saturated rings. The molecule has 2 radical (unpaired) electrons. The topological polar surface area (TPSA) is 28.7 Å². The molecule has 3 heteroatoms. The largest absolute Gasteiger partial charge is 0.360 e. The van der Waals surface area contributed by atoms with Crippen molar-refractivity contribution < 1.29 is 0 Å². The maximum absolute atomic E-state index is 5.50. The molecular weight excluding hydrogens is 123 g/mol. The molecule has 0 aliphatic carbocycles. The van der Waals surface area contributed by atoms with E-state index in [2.05, 4.69) is 9.97 Å². The Hall–Kier alpha value is -1.25. The molecule has 2 aromatic rings. The summed E-state index contributed by atoms with van der Waals surface area (Å²) in [6.07, 6.45) is 3.49. The molecule has 0 atom stereocenters. The average molecular weight is 128 g/mol. The van der Waals surface area contributed by atoms with Gasteiger partial charge in [0.25, 0.3) is 0 Å². The van der Waals surface area contributed by atoms with E-state index < -0.39 is 0 Å². The molecule has 2 nitrogen and oxygen atoms in total. The van der Waals surface area contributed by atoms with Crippen molar-refractivity contribution in [1.82, 2.24) is 9.97 Å². The van der Waals surface area contributed by atoms with E-state index in [0.717, 1.165) is 11.0 Å². The van der Waals surface area contributed by atoms with Crippen LogP contribution < -0.4 is 5.46 Å². The first kappa shape index (κ1) is 5.53. The molecule has 0 amide bonds. The van der Waals surface area contributed by atoms with Gasteiger partial charge in [-0.2, -0.15) is 0 Å². The predicted octanol–water partition coefficient (Wildman–Crippen LogP) is 0.357. The van der Waals surface area contributed by atoms with Crippen LogP contribution in [0.3, 0.4) is 0 Å². The van der Waals surface area contributed by atoms with Crippen molar-refractivity contribution in [3.8, 4) is 0 Å². The average Bonchev–Trinajstić information content (AvgIpc) is 2.33. The first-order valence-electron chi connectivity index (χ1n) is 3.05. The Bertz CT molecular complexity index is 353. The zero-order valence-electron chi connectivity index (χ0n) is 5.33. The number of pyridine rings is 1. The smallest absolute Gasteiger partial charge is 0.116 e. The van der Waals surface area contributed by atoms with Crippen LogP contribution >= 0.6 is 0 Å². The summed E-state index contributed by atoms with van der Waals surface area (Å²) >= 11 is 0. The molecule has 0 saturated carbocycles. The van der Waals surface area contributed by atoms with Gasteiger partial charge in [-0.25, -0.2) is 0 Å². The number of H-pyrrole nitrogens is 1. The van der Waals surface area contributed by atoms with Gasteiger partial charge in [0.15, 0.2) is 0 Å². The van der Waals surface area contributed by atoms with Crippen LogP contribution in [0, 0.1) is 0 Å². The number of rotatable bonds is 0. The number of nitrogens with one attached hydrogen (secondary N) is 1. The third-order valence-electron chi connectivity index (χ3n) is 1.42. The second-order valence-electron chi connectivity index (χ2n) is 2.18. The van der Waals surface area contributed by atoms with Crippen LogP contribution in [0.2, 0.25) is 0 Å². The Balaban J connectivity index is 2.86. The van der Waals surface area contributed by atoms with Crippen molar-refractivity contribution in [2.24, 2.45) is 0 Å². The highest BCUT2D eigenvalue weighted by Crippen LogP contribution is 2.04. The maximum atomic E-state index is 5.50. The minimum atomic E-state index is 0.690. The summed E-state index contributed by atoms with van der Waals surface area (Å²) in [5.41, 5.74) is 2.63. The molecule has 46 valence electrons. The van der Waals surface area contributed by atoms with Crippen LogP contribution in [0.1, 0.15) is 0 Å². The molecule has 0 aliphatic rings. The van der Waals surface area contributed by atoms with Crippen LogP contribution in [0.4, 0.5) is 0 Å². The number of aromatic amines is 1. The van der Waals surface area contributed by atoms with E-state index in [-0.39, 0.29) is 0 Å². The van der Waals surface area contributed by atoms with E-state index in [1.54, 1.807) is 6.20 Å². The van der Waals surface area contributed by atoms with Gasteiger partial charge in [0.2, 0.25) is 0 Å². The molecule has 2 aromatic heterocycles. The van der Waals surface area contributed by atoms with Gasteiger partial charge in [0, 0.05) is 12.4 Å². The number of aromatic nitrogens is 2. The highest BCUT2D eigenvalue weighted by Gasteiger charge is 1.92.